The van der Waals surface area contributed by atoms with Gasteiger partial charge in [-0.05, 0) is 69.9 Å². The zero-order chi connectivity index (χ0) is 39.0. The summed E-state index contributed by atoms with van der Waals surface area (Å²) in [6.07, 6.45) is 1.23. The Labute approximate surface area is 324 Å². The molecule has 3 aliphatic heterocycles. The summed E-state index contributed by atoms with van der Waals surface area (Å²) in [5.74, 6) is -1.88. The van der Waals surface area contributed by atoms with Gasteiger partial charge in [-0.1, -0.05) is 29.8 Å². The van der Waals surface area contributed by atoms with Crippen LogP contribution in [0.2, 0.25) is 5.02 Å². The second-order valence-electron chi connectivity index (χ2n) is 13.4. The summed E-state index contributed by atoms with van der Waals surface area (Å²) in [5, 5.41) is 18.2. The molecule has 0 spiro atoms. The minimum atomic E-state index is -1.11. The predicted octanol–water partition coefficient (Wildman–Crippen LogP) is 3.68. The van der Waals surface area contributed by atoms with E-state index in [1.807, 2.05) is 35.8 Å². The van der Waals surface area contributed by atoms with Crippen LogP contribution in [0.25, 0.3) is 5.00 Å². The third-order valence-corrected chi connectivity index (χ3v) is 11.2. The number of nitrogens with one attached hydrogen (secondary N) is 3. The van der Waals surface area contributed by atoms with Gasteiger partial charge in [0.05, 0.1) is 23.3 Å². The summed E-state index contributed by atoms with van der Waals surface area (Å²) in [6, 6.07) is 10.2. The van der Waals surface area contributed by atoms with Gasteiger partial charge in [0.1, 0.15) is 28.7 Å². The van der Waals surface area contributed by atoms with Crippen molar-refractivity contribution in [2.45, 2.75) is 65.0 Å². The number of imide groups is 2. The monoisotopic (exact) mass is 784 g/mol. The van der Waals surface area contributed by atoms with Crippen molar-refractivity contribution < 1.29 is 33.5 Å². The van der Waals surface area contributed by atoms with Crippen molar-refractivity contribution in [3.8, 4) is 10.8 Å². The summed E-state index contributed by atoms with van der Waals surface area (Å²) >= 11 is 7.84. The van der Waals surface area contributed by atoms with E-state index >= 15 is 0 Å². The number of amides is 6. The van der Waals surface area contributed by atoms with Gasteiger partial charge in [-0.2, -0.15) is 0 Å². The molecule has 55 heavy (non-hydrogen) atoms. The summed E-state index contributed by atoms with van der Waals surface area (Å²) < 4.78 is 7.64. The molecule has 0 radical (unpaired) electrons. The van der Waals surface area contributed by atoms with E-state index in [0.717, 1.165) is 37.2 Å². The fraction of sp³-hybridized carbons (Fsp3) is 0.342. The number of carbonyl (C=O) groups is 6. The van der Waals surface area contributed by atoms with Crippen molar-refractivity contribution in [1.82, 2.24) is 35.6 Å². The number of carbonyl (C=O) groups excluding carboxylic acids is 6. The van der Waals surface area contributed by atoms with Gasteiger partial charge < -0.3 is 15.4 Å². The summed E-state index contributed by atoms with van der Waals surface area (Å²) in [5.41, 5.74) is 3.76. The van der Waals surface area contributed by atoms with Gasteiger partial charge in [-0.25, -0.2) is 0 Å². The average Bonchev–Trinajstić information content (AvgIpc) is 3.73. The Morgan fingerprint density at radius 3 is 2.40 bits per heavy atom. The van der Waals surface area contributed by atoms with Crippen LogP contribution in [0.3, 0.4) is 0 Å². The lowest BCUT2D eigenvalue weighted by Gasteiger charge is -2.27. The van der Waals surface area contributed by atoms with Gasteiger partial charge >= 0.3 is 0 Å². The predicted molar refractivity (Wildman–Crippen MR) is 202 cm³/mol. The molecule has 3 N–H and O–H groups in total. The molecular weight excluding hydrogens is 748 g/mol. The van der Waals surface area contributed by atoms with Crippen LogP contribution in [0.15, 0.2) is 47.5 Å². The molecule has 4 aromatic rings. The number of aromatic nitrogens is 3. The highest BCUT2D eigenvalue weighted by atomic mass is 35.5. The van der Waals surface area contributed by atoms with Crippen LogP contribution in [-0.4, -0.2) is 86.6 Å². The van der Waals surface area contributed by atoms with Crippen molar-refractivity contribution in [1.29, 1.82) is 0 Å². The molecular formula is C38H37ClN8O7S. The molecule has 2 aromatic heterocycles. The van der Waals surface area contributed by atoms with E-state index in [1.165, 1.54) is 18.2 Å². The standard InChI is InChI=1S/C38H37ClN8O7S/c1-19-20(2)55-38-31(19)33(22-9-11-23(39)12-10-22)42-25(34-45-44-21(3)46(34)38)17-29(49)40-15-4-5-16-41-30(50)18-54-27-8-6-7-24-32(27)37(53)47(36(24)52)26-13-14-28(48)43-35(26)51/h6-12,25-26H,4-5,13-18H2,1-3H3,(H,40,49)(H,41,50)(H,43,48,51)/t25?,26-/m1/s1. The molecule has 15 nitrogen and oxygen atoms in total. The number of ether oxygens (including phenoxy) is 1. The zero-order valence-electron chi connectivity index (χ0n) is 30.2. The molecule has 0 aliphatic carbocycles. The van der Waals surface area contributed by atoms with Gasteiger partial charge in [0, 0.05) is 40.5 Å². The first-order valence-corrected chi connectivity index (χ1v) is 19.0. The molecule has 1 unspecified atom stereocenters. The Morgan fingerprint density at radius 2 is 1.67 bits per heavy atom. The molecule has 0 saturated carbocycles. The Bertz CT molecular complexity index is 2280. The lowest BCUT2D eigenvalue weighted by molar-refractivity contribution is -0.136. The first-order chi connectivity index (χ1) is 26.4. The molecule has 2 atom stereocenters. The lowest BCUT2D eigenvalue weighted by Crippen LogP contribution is -2.54. The van der Waals surface area contributed by atoms with Crippen LogP contribution in [0.4, 0.5) is 0 Å². The quantitative estimate of drug-likeness (QED) is 0.142. The Morgan fingerprint density at radius 1 is 0.945 bits per heavy atom. The molecule has 2 aromatic carbocycles. The Hall–Kier alpha value is -5.74. The fourth-order valence-corrected chi connectivity index (χ4v) is 8.22. The van der Waals surface area contributed by atoms with Crippen molar-refractivity contribution in [2.24, 2.45) is 4.99 Å². The smallest absolute Gasteiger partial charge is 0.266 e. The van der Waals surface area contributed by atoms with Crippen molar-refractivity contribution in [2.75, 3.05) is 19.7 Å². The van der Waals surface area contributed by atoms with E-state index in [2.05, 4.69) is 40.0 Å². The number of halogens is 1. The molecule has 6 amide bonds. The number of benzene rings is 2. The number of fused-ring (bicyclic) bond motifs is 4. The van der Waals surface area contributed by atoms with E-state index in [-0.39, 0.29) is 42.0 Å². The number of hydrogen-bond donors (Lipinski definition) is 3. The van der Waals surface area contributed by atoms with Crippen LogP contribution in [0.5, 0.6) is 5.75 Å². The van der Waals surface area contributed by atoms with E-state index in [1.54, 1.807) is 11.3 Å². The molecule has 284 valence electrons. The van der Waals surface area contributed by atoms with Gasteiger partial charge in [0.2, 0.25) is 17.7 Å². The molecule has 17 heteroatoms. The number of piperidine rings is 1. The second-order valence-corrected chi connectivity index (χ2v) is 15.1. The van der Waals surface area contributed by atoms with E-state index < -0.39 is 48.2 Å². The highest BCUT2D eigenvalue weighted by Crippen LogP contribution is 2.40. The number of rotatable bonds is 12. The number of unbranched alkanes of at least 4 members (excludes halogenated alkanes) is 1. The number of aryl methyl sites for hydroxylation is 2. The Kier molecular flexibility index (Phi) is 10.6. The van der Waals surface area contributed by atoms with Crippen molar-refractivity contribution >= 4 is 64.1 Å². The first kappa shape index (κ1) is 37.6. The summed E-state index contributed by atoms with van der Waals surface area (Å²) in [6.45, 7) is 6.30. The maximum absolute atomic E-state index is 13.3. The largest absolute Gasteiger partial charge is 0.483 e. The number of aliphatic imine (C=N–C) groups is 1. The normalized spacial score (nSPS) is 17.5. The fourth-order valence-electron chi connectivity index (χ4n) is 6.88. The third-order valence-electron chi connectivity index (χ3n) is 9.77. The van der Waals surface area contributed by atoms with Gasteiger partial charge in [0.25, 0.3) is 17.7 Å². The van der Waals surface area contributed by atoms with Gasteiger partial charge in [-0.3, -0.25) is 48.5 Å². The maximum Gasteiger partial charge on any atom is 0.266 e. The van der Waals surface area contributed by atoms with Crippen molar-refractivity contribution in [3.63, 3.8) is 0 Å². The molecule has 0 bridgehead atoms. The van der Waals surface area contributed by atoms with Crippen molar-refractivity contribution in [3.05, 3.63) is 91.8 Å². The molecule has 1 fully saturated rings. The van der Waals surface area contributed by atoms with Gasteiger partial charge in [0.15, 0.2) is 12.4 Å². The SMILES string of the molecule is Cc1sc2c(c1C)C(c1ccc(Cl)cc1)=NC(CC(=O)NCCCCNC(=O)COc1cccc3c1C(=O)N([C@@H]1CCC(=O)NC1=O)C3=O)c1nnc(C)n1-2. The highest BCUT2D eigenvalue weighted by molar-refractivity contribution is 7.15. The number of thiophene rings is 1. The van der Waals surface area contributed by atoms with Crippen LogP contribution in [0.1, 0.15) is 92.1 Å². The lowest BCUT2D eigenvalue weighted by atomic mass is 9.99. The van der Waals surface area contributed by atoms with E-state index in [0.29, 0.717) is 42.6 Å². The topological polar surface area (TPSA) is 194 Å². The number of nitrogens with zero attached hydrogens (tertiary/aromatic N) is 5. The average molecular weight is 785 g/mol. The summed E-state index contributed by atoms with van der Waals surface area (Å²) in [7, 11) is 0. The zero-order valence-corrected chi connectivity index (χ0v) is 31.8. The van der Waals surface area contributed by atoms with Crippen LogP contribution in [0, 0.1) is 20.8 Å². The Balaban J connectivity index is 0.906. The summed E-state index contributed by atoms with van der Waals surface area (Å²) in [4.78, 5) is 83.3. The third kappa shape index (κ3) is 7.38. The van der Waals surface area contributed by atoms with E-state index in [4.69, 9.17) is 21.3 Å². The molecule has 1 saturated heterocycles. The first-order valence-electron chi connectivity index (χ1n) is 17.8. The van der Waals surface area contributed by atoms with Crippen LogP contribution >= 0.6 is 22.9 Å². The van der Waals surface area contributed by atoms with Gasteiger partial charge in [-0.15, -0.1) is 21.5 Å². The molecule has 5 heterocycles. The second kappa shape index (κ2) is 15.5. The van der Waals surface area contributed by atoms with E-state index in [9.17, 15) is 28.8 Å². The number of hydrogen-bond acceptors (Lipinski definition) is 11. The van der Waals surface area contributed by atoms with Crippen LogP contribution in [-0.2, 0) is 19.2 Å². The minimum Gasteiger partial charge on any atom is -0.483 e. The molecule has 7 rings (SSSR count). The highest BCUT2D eigenvalue weighted by Gasteiger charge is 2.46. The maximum atomic E-state index is 13.3. The van der Waals surface area contributed by atoms with Crippen LogP contribution < -0.4 is 20.7 Å². The molecule has 3 aliphatic rings. The minimum absolute atomic E-state index is 0.00279.